The van der Waals surface area contributed by atoms with Crippen LogP contribution >= 0.6 is 0 Å². The summed E-state index contributed by atoms with van der Waals surface area (Å²) in [5.41, 5.74) is 0. The molecule has 8 nitrogen and oxygen atoms in total. The zero-order valence-electron chi connectivity index (χ0n) is 11.4. The Morgan fingerprint density at radius 2 is 1.85 bits per heavy atom. The number of unbranched alkanes of at least 4 members (excludes halogenated alkanes) is 1. The number of aliphatic hydroxyl groups is 2. The van der Waals surface area contributed by atoms with Gasteiger partial charge in [-0.1, -0.05) is 0 Å². The Labute approximate surface area is 117 Å². The molecule has 0 aliphatic carbocycles. The highest BCUT2D eigenvalue weighted by molar-refractivity contribution is 5.76. The second kappa shape index (κ2) is 17.2. The third-order valence-electron chi connectivity index (χ3n) is 1.93. The van der Waals surface area contributed by atoms with Crippen LogP contribution in [-0.2, 0) is 19.1 Å². The number of rotatable bonds is 9. The minimum absolute atomic E-state index is 0.125. The topological polar surface area (TPSA) is 126 Å². The normalized spacial score (nSPS) is 10.2. The van der Waals surface area contributed by atoms with Crippen molar-refractivity contribution in [3.05, 3.63) is 0 Å². The SMILES string of the molecule is CCOC(=O)C(CCCCN=C=O)N=C=O.OCCO. The van der Waals surface area contributed by atoms with Gasteiger partial charge in [0.1, 0.15) is 0 Å². The van der Waals surface area contributed by atoms with Crippen molar-refractivity contribution in [3.8, 4) is 0 Å². The summed E-state index contributed by atoms with van der Waals surface area (Å²) in [6.45, 7) is 2.04. The number of aliphatic hydroxyl groups excluding tert-OH is 2. The van der Waals surface area contributed by atoms with Crippen molar-refractivity contribution in [2.45, 2.75) is 32.2 Å². The maximum Gasteiger partial charge on any atom is 0.331 e. The lowest BCUT2D eigenvalue weighted by Crippen LogP contribution is -2.21. The number of ether oxygens (including phenoxy) is 1. The van der Waals surface area contributed by atoms with Gasteiger partial charge in [0, 0.05) is 0 Å². The van der Waals surface area contributed by atoms with E-state index >= 15 is 0 Å². The van der Waals surface area contributed by atoms with Gasteiger partial charge < -0.3 is 14.9 Å². The lowest BCUT2D eigenvalue weighted by molar-refractivity contribution is -0.144. The van der Waals surface area contributed by atoms with Crippen LogP contribution < -0.4 is 0 Å². The Hall–Kier alpha value is -1.85. The van der Waals surface area contributed by atoms with Crippen molar-refractivity contribution < 1.29 is 29.3 Å². The van der Waals surface area contributed by atoms with Crippen molar-refractivity contribution in [2.24, 2.45) is 9.98 Å². The van der Waals surface area contributed by atoms with Crippen LogP contribution in [0.15, 0.2) is 9.98 Å². The average Bonchev–Trinajstić information content (AvgIpc) is 2.46. The van der Waals surface area contributed by atoms with Crippen molar-refractivity contribution in [2.75, 3.05) is 26.4 Å². The molecule has 0 spiro atoms. The van der Waals surface area contributed by atoms with E-state index in [1.807, 2.05) is 0 Å². The van der Waals surface area contributed by atoms with Gasteiger partial charge in [-0.25, -0.2) is 19.4 Å². The van der Waals surface area contributed by atoms with Crippen molar-refractivity contribution in [3.63, 3.8) is 0 Å². The van der Waals surface area contributed by atoms with E-state index < -0.39 is 12.0 Å². The maximum atomic E-state index is 11.3. The Bertz CT molecular complexity index is 333. The fourth-order valence-corrected chi connectivity index (χ4v) is 1.11. The molecule has 0 saturated heterocycles. The van der Waals surface area contributed by atoms with E-state index in [0.717, 1.165) is 0 Å². The minimum Gasteiger partial charge on any atom is -0.464 e. The number of hydrogen-bond donors (Lipinski definition) is 2. The van der Waals surface area contributed by atoms with Gasteiger partial charge in [0.15, 0.2) is 6.04 Å². The Morgan fingerprint density at radius 1 is 1.20 bits per heavy atom. The summed E-state index contributed by atoms with van der Waals surface area (Å²) in [6, 6.07) is -0.794. The van der Waals surface area contributed by atoms with E-state index in [1.54, 1.807) is 6.92 Å². The van der Waals surface area contributed by atoms with E-state index in [-0.39, 0.29) is 19.8 Å². The predicted molar refractivity (Wildman–Crippen MR) is 69.6 cm³/mol. The number of nitrogens with zero attached hydrogens (tertiary/aromatic N) is 2. The van der Waals surface area contributed by atoms with Crippen LogP contribution in [0.2, 0.25) is 0 Å². The van der Waals surface area contributed by atoms with Gasteiger partial charge in [-0.3, -0.25) is 0 Å². The molecule has 0 amide bonds. The Morgan fingerprint density at radius 3 is 2.30 bits per heavy atom. The molecule has 0 radical (unpaired) electrons. The van der Waals surface area contributed by atoms with E-state index in [1.165, 1.54) is 12.2 Å². The second-order valence-corrected chi connectivity index (χ2v) is 3.40. The number of carbonyl (C=O) groups excluding carboxylic acids is 3. The number of isocyanates is 2. The highest BCUT2D eigenvalue weighted by Crippen LogP contribution is 2.06. The molecule has 0 saturated carbocycles. The summed E-state index contributed by atoms with van der Waals surface area (Å²) in [5.74, 6) is -0.523. The number of hydrogen-bond acceptors (Lipinski definition) is 8. The molecule has 1 atom stereocenters. The first kappa shape index (κ1) is 20.5. The molecule has 8 heteroatoms. The third-order valence-corrected chi connectivity index (χ3v) is 1.93. The van der Waals surface area contributed by atoms with Crippen molar-refractivity contribution >= 4 is 18.1 Å². The van der Waals surface area contributed by atoms with Crippen molar-refractivity contribution in [1.82, 2.24) is 0 Å². The lowest BCUT2D eigenvalue weighted by Gasteiger charge is -2.08. The van der Waals surface area contributed by atoms with Crippen LogP contribution in [0.1, 0.15) is 26.2 Å². The van der Waals surface area contributed by atoms with Crippen LogP contribution in [0.3, 0.4) is 0 Å². The number of esters is 1. The summed E-state index contributed by atoms with van der Waals surface area (Å²) in [6.07, 6.45) is 4.42. The first-order valence-corrected chi connectivity index (χ1v) is 6.16. The van der Waals surface area contributed by atoms with Gasteiger partial charge in [-0.2, -0.15) is 4.99 Å². The van der Waals surface area contributed by atoms with Crippen LogP contribution in [0.4, 0.5) is 0 Å². The molecule has 0 aromatic rings. The summed E-state index contributed by atoms with van der Waals surface area (Å²) in [5, 5.41) is 15.2. The minimum atomic E-state index is -0.794. The van der Waals surface area contributed by atoms with Gasteiger partial charge in [0.2, 0.25) is 12.2 Å². The zero-order chi connectivity index (χ0) is 15.6. The predicted octanol–water partition coefficient (Wildman–Crippen LogP) is -0.269. The summed E-state index contributed by atoms with van der Waals surface area (Å²) >= 11 is 0. The molecule has 2 N–H and O–H groups in total. The molecule has 0 heterocycles. The van der Waals surface area contributed by atoms with Crippen LogP contribution in [-0.4, -0.2) is 60.7 Å². The highest BCUT2D eigenvalue weighted by Gasteiger charge is 2.17. The number of aliphatic imine (C=N–C) groups is 2. The zero-order valence-corrected chi connectivity index (χ0v) is 11.4. The first-order chi connectivity index (χ1) is 9.67. The Kier molecular flexibility index (Phi) is 17.6. The average molecular weight is 288 g/mol. The van der Waals surface area contributed by atoms with Crippen LogP contribution in [0.25, 0.3) is 0 Å². The quantitative estimate of drug-likeness (QED) is 0.260. The van der Waals surface area contributed by atoms with Gasteiger partial charge in [-0.15, -0.1) is 0 Å². The van der Waals surface area contributed by atoms with E-state index in [2.05, 4.69) is 9.98 Å². The molecule has 0 bridgehead atoms. The molecule has 114 valence electrons. The number of carbonyl (C=O) groups is 1. The Balaban J connectivity index is 0. The molecule has 0 aromatic heterocycles. The van der Waals surface area contributed by atoms with Gasteiger partial charge in [0.05, 0.1) is 26.4 Å². The summed E-state index contributed by atoms with van der Waals surface area (Å²) in [7, 11) is 0. The molecule has 0 fully saturated rings. The first-order valence-electron chi connectivity index (χ1n) is 6.16. The molecule has 1 unspecified atom stereocenters. The lowest BCUT2D eigenvalue weighted by atomic mass is 10.1. The second-order valence-electron chi connectivity index (χ2n) is 3.40. The van der Waals surface area contributed by atoms with Gasteiger partial charge >= 0.3 is 5.97 Å². The monoisotopic (exact) mass is 288 g/mol. The standard InChI is InChI=1S/C10H14N2O4.C2H6O2/c1-2-16-10(15)9(12-8-14)5-3-4-6-11-7-13;3-1-2-4/h9H,2-6H2,1H3;3-4H,1-2H2. The third kappa shape index (κ3) is 14.2. The molecule has 0 rings (SSSR count). The van der Waals surface area contributed by atoms with Gasteiger partial charge in [0.25, 0.3) is 0 Å². The molecule has 0 aliphatic heterocycles. The van der Waals surface area contributed by atoms with E-state index in [0.29, 0.717) is 25.8 Å². The highest BCUT2D eigenvalue weighted by atomic mass is 16.5. The fraction of sp³-hybridized carbons (Fsp3) is 0.750. The molecule has 0 aromatic carbocycles. The molecular formula is C12H20N2O6. The fourth-order valence-electron chi connectivity index (χ4n) is 1.11. The van der Waals surface area contributed by atoms with E-state index in [9.17, 15) is 14.4 Å². The molecule has 20 heavy (non-hydrogen) atoms. The van der Waals surface area contributed by atoms with Crippen LogP contribution in [0, 0.1) is 0 Å². The van der Waals surface area contributed by atoms with Crippen LogP contribution in [0.5, 0.6) is 0 Å². The summed E-state index contributed by atoms with van der Waals surface area (Å²) in [4.78, 5) is 37.9. The molecule has 0 aliphatic rings. The molecular weight excluding hydrogens is 268 g/mol. The van der Waals surface area contributed by atoms with Crippen molar-refractivity contribution in [1.29, 1.82) is 0 Å². The van der Waals surface area contributed by atoms with E-state index in [4.69, 9.17) is 14.9 Å². The summed E-state index contributed by atoms with van der Waals surface area (Å²) < 4.78 is 4.74. The maximum absolute atomic E-state index is 11.3. The largest absolute Gasteiger partial charge is 0.464 e. The smallest absolute Gasteiger partial charge is 0.331 e. The van der Waals surface area contributed by atoms with Gasteiger partial charge in [-0.05, 0) is 26.2 Å².